The molecule has 2 aromatic carbocycles. The number of nitrogens with zero attached hydrogens (tertiary/aromatic N) is 1. The maximum atomic E-state index is 12.9. The zero-order chi connectivity index (χ0) is 26.0. The van der Waals surface area contributed by atoms with Gasteiger partial charge in [0.2, 0.25) is 15.9 Å². The predicted molar refractivity (Wildman–Crippen MR) is 134 cm³/mol. The summed E-state index contributed by atoms with van der Waals surface area (Å²) in [6, 6.07) is 13.7. The highest BCUT2D eigenvalue weighted by atomic mass is 32.2. The van der Waals surface area contributed by atoms with Crippen LogP contribution in [0, 0.1) is 5.92 Å². The fraction of sp³-hybridized carbons (Fsp3) is 0.400. The van der Waals surface area contributed by atoms with Crippen molar-refractivity contribution in [3.05, 3.63) is 65.7 Å². The molecule has 0 aliphatic heterocycles. The summed E-state index contributed by atoms with van der Waals surface area (Å²) in [5.74, 6) is -1.41. The van der Waals surface area contributed by atoms with Gasteiger partial charge < -0.3 is 16.0 Å². The molecule has 10 heteroatoms. The van der Waals surface area contributed by atoms with E-state index in [2.05, 4.69) is 16.0 Å². The second-order valence-corrected chi connectivity index (χ2v) is 10.2. The number of amides is 3. The molecule has 9 nitrogen and oxygen atoms in total. The van der Waals surface area contributed by atoms with Crippen LogP contribution in [0.15, 0.2) is 59.5 Å². The highest BCUT2D eigenvalue weighted by Crippen LogP contribution is 2.17. The van der Waals surface area contributed by atoms with Crippen LogP contribution in [0.4, 0.5) is 0 Å². The lowest BCUT2D eigenvalue weighted by Gasteiger charge is -2.22. The third kappa shape index (κ3) is 7.63. The molecule has 1 unspecified atom stereocenters. The third-order valence-corrected chi connectivity index (χ3v) is 7.47. The summed E-state index contributed by atoms with van der Waals surface area (Å²) in [4.78, 5) is 37.7. The van der Waals surface area contributed by atoms with Crippen molar-refractivity contribution >= 4 is 27.7 Å². The molecule has 190 valence electrons. The van der Waals surface area contributed by atoms with Crippen LogP contribution in [-0.4, -0.2) is 62.7 Å². The zero-order valence-electron chi connectivity index (χ0n) is 20.6. The van der Waals surface area contributed by atoms with Crippen LogP contribution in [0.3, 0.4) is 0 Å². The Morgan fingerprint density at radius 3 is 2.03 bits per heavy atom. The molecule has 3 N–H and O–H groups in total. The molecule has 0 spiro atoms. The monoisotopic (exact) mass is 502 g/mol. The molecule has 1 atom stereocenters. The Morgan fingerprint density at radius 2 is 1.43 bits per heavy atom. The molecule has 2 rings (SSSR count). The molecule has 0 saturated heterocycles. The van der Waals surface area contributed by atoms with E-state index in [1.165, 1.54) is 28.6 Å². The minimum Gasteiger partial charge on any atom is -0.353 e. The Kier molecular flexibility index (Phi) is 10.4. The molecule has 2 aromatic rings. The van der Waals surface area contributed by atoms with Gasteiger partial charge in [-0.05, 0) is 36.2 Å². The Balaban J connectivity index is 1.99. The van der Waals surface area contributed by atoms with Gasteiger partial charge in [-0.3, -0.25) is 14.4 Å². The highest BCUT2D eigenvalue weighted by molar-refractivity contribution is 7.89. The summed E-state index contributed by atoms with van der Waals surface area (Å²) in [5.41, 5.74) is 0.670. The van der Waals surface area contributed by atoms with Gasteiger partial charge in [-0.15, -0.1) is 0 Å². The summed E-state index contributed by atoms with van der Waals surface area (Å²) in [6.07, 6.45) is 0. The van der Waals surface area contributed by atoms with E-state index in [4.69, 9.17) is 0 Å². The first kappa shape index (κ1) is 28.0. The molecule has 0 saturated carbocycles. The van der Waals surface area contributed by atoms with E-state index < -0.39 is 27.9 Å². The lowest BCUT2D eigenvalue weighted by Crippen LogP contribution is -2.50. The Labute approximate surface area is 207 Å². The summed E-state index contributed by atoms with van der Waals surface area (Å²) in [5, 5.41) is 8.15. The summed E-state index contributed by atoms with van der Waals surface area (Å²) in [7, 11) is -3.72. The number of carbonyl (C=O) groups excluding carboxylic acids is 3. The molecular formula is C25H34N4O5S. The fourth-order valence-corrected chi connectivity index (χ4v) is 4.94. The molecule has 0 bridgehead atoms. The number of nitrogens with one attached hydrogen (secondary N) is 3. The molecular weight excluding hydrogens is 468 g/mol. The van der Waals surface area contributed by atoms with Gasteiger partial charge in [0.15, 0.2) is 0 Å². The van der Waals surface area contributed by atoms with Crippen molar-refractivity contribution in [2.24, 2.45) is 5.92 Å². The lowest BCUT2D eigenvalue weighted by atomic mass is 10.0. The largest absolute Gasteiger partial charge is 0.353 e. The first-order valence-electron chi connectivity index (χ1n) is 11.6. The van der Waals surface area contributed by atoms with Crippen LogP contribution in [0.5, 0.6) is 0 Å². The normalized spacial score (nSPS) is 12.3. The van der Waals surface area contributed by atoms with Crippen LogP contribution in [0.25, 0.3) is 0 Å². The summed E-state index contributed by atoms with van der Waals surface area (Å²) < 4.78 is 26.9. The molecule has 0 radical (unpaired) electrons. The van der Waals surface area contributed by atoms with Gasteiger partial charge in [-0.1, -0.05) is 52.0 Å². The minimum absolute atomic E-state index is 0.0218. The molecule has 35 heavy (non-hydrogen) atoms. The Morgan fingerprint density at radius 1 is 0.829 bits per heavy atom. The first-order valence-corrected chi connectivity index (χ1v) is 13.1. The zero-order valence-corrected chi connectivity index (χ0v) is 21.4. The maximum absolute atomic E-state index is 12.9. The topological polar surface area (TPSA) is 125 Å². The van der Waals surface area contributed by atoms with E-state index >= 15 is 0 Å². The molecule has 0 fully saturated rings. The van der Waals surface area contributed by atoms with Gasteiger partial charge in [0.1, 0.15) is 6.04 Å². The van der Waals surface area contributed by atoms with Gasteiger partial charge in [0, 0.05) is 37.3 Å². The number of sulfonamides is 1. The van der Waals surface area contributed by atoms with Crippen molar-refractivity contribution in [1.82, 2.24) is 20.3 Å². The third-order valence-electron chi connectivity index (χ3n) is 5.42. The molecule has 0 heterocycles. The van der Waals surface area contributed by atoms with E-state index in [0.29, 0.717) is 18.7 Å². The lowest BCUT2D eigenvalue weighted by molar-refractivity contribution is -0.123. The average Bonchev–Trinajstić information content (AvgIpc) is 2.85. The second-order valence-electron chi connectivity index (χ2n) is 8.23. The van der Waals surface area contributed by atoms with Crippen molar-refractivity contribution in [3.8, 4) is 0 Å². The molecule has 0 aliphatic rings. The standard InChI is InChI=1S/C25H34N4O5S/c1-5-29(6-2)35(33,34)21-14-10-13-20(17-21)24(31)28-22(18(3)4)25(32)27-16-15-26-23(30)19-11-8-7-9-12-19/h7-14,17-18,22H,5-6,15-16H2,1-4H3,(H,26,30)(H,27,32)(H,28,31). The summed E-state index contributed by atoms with van der Waals surface area (Å²) in [6.45, 7) is 8.13. The van der Waals surface area contributed by atoms with E-state index in [0.717, 1.165) is 0 Å². The number of hydrogen-bond donors (Lipinski definition) is 3. The Bertz CT molecular complexity index is 1120. The van der Waals surface area contributed by atoms with Crippen molar-refractivity contribution in [2.45, 2.75) is 38.6 Å². The van der Waals surface area contributed by atoms with Gasteiger partial charge in [0.05, 0.1) is 4.90 Å². The van der Waals surface area contributed by atoms with Gasteiger partial charge in [-0.2, -0.15) is 4.31 Å². The molecule has 0 aromatic heterocycles. The van der Waals surface area contributed by atoms with Crippen LogP contribution in [-0.2, 0) is 14.8 Å². The number of benzene rings is 2. The highest BCUT2D eigenvalue weighted by Gasteiger charge is 2.26. The van der Waals surface area contributed by atoms with Crippen LogP contribution < -0.4 is 16.0 Å². The predicted octanol–water partition coefficient (Wildman–Crippen LogP) is 2.02. The van der Waals surface area contributed by atoms with Gasteiger partial charge in [0.25, 0.3) is 11.8 Å². The number of hydrogen-bond acceptors (Lipinski definition) is 5. The van der Waals surface area contributed by atoms with Crippen molar-refractivity contribution in [1.29, 1.82) is 0 Å². The van der Waals surface area contributed by atoms with E-state index in [1.807, 2.05) is 6.07 Å². The molecule has 0 aliphatic carbocycles. The SMILES string of the molecule is CCN(CC)S(=O)(=O)c1cccc(C(=O)NC(C(=O)NCCNC(=O)c2ccccc2)C(C)C)c1. The Hall–Kier alpha value is -3.24. The van der Waals surface area contributed by atoms with Crippen molar-refractivity contribution < 1.29 is 22.8 Å². The smallest absolute Gasteiger partial charge is 0.251 e. The number of rotatable bonds is 12. The van der Waals surface area contributed by atoms with Crippen molar-refractivity contribution in [2.75, 3.05) is 26.2 Å². The second kappa shape index (κ2) is 13.0. The number of carbonyl (C=O) groups is 3. The van der Waals surface area contributed by atoms with Gasteiger partial charge >= 0.3 is 0 Å². The van der Waals surface area contributed by atoms with Gasteiger partial charge in [-0.25, -0.2) is 8.42 Å². The maximum Gasteiger partial charge on any atom is 0.251 e. The summed E-state index contributed by atoms with van der Waals surface area (Å²) >= 11 is 0. The average molecular weight is 503 g/mol. The van der Waals surface area contributed by atoms with E-state index in [1.54, 1.807) is 52.0 Å². The first-order chi connectivity index (χ1) is 16.6. The van der Waals surface area contributed by atoms with E-state index in [9.17, 15) is 22.8 Å². The van der Waals surface area contributed by atoms with E-state index in [-0.39, 0.29) is 35.4 Å². The fourth-order valence-electron chi connectivity index (χ4n) is 3.43. The van der Waals surface area contributed by atoms with Crippen LogP contribution >= 0.6 is 0 Å². The van der Waals surface area contributed by atoms with Crippen LogP contribution in [0.2, 0.25) is 0 Å². The quantitative estimate of drug-likeness (QED) is 0.383. The van der Waals surface area contributed by atoms with Crippen LogP contribution in [0.1, 0.15) is 48.4 Å². The van der Waals surface area contributed by atoms with Crippen molar-refractivity contribution in [3.63, 3.8) is 0 Å². The molecule has 3 amide bonds. The minimum atomic E-state index is -3.72.